The van der Waals surface area contributed by atoms with Crippen LogP contribution in [0.5, 0.6) is 0 Å². The highest BCUT2D eigenvalue weighted by Gasteiger charge is 2.29. The van der Waals surface area contributed by atoms with Crippen molar-refractivity contribution in [3.63, 3.8) is 0 Å². The van der Waals surface area contributed by atoms with E-state index in [1.165, 1.54) is 0 Å². The first-order valence-electron chi connectivity index (χ1n) is 7.93. The van der Waals surface area contributed by atoms with E-state index in [-0.39, 0.29) is 5.60 Å². The summed E-state index contributed by atoms with van der Waals surface area (Å²) in [5, 5.41) is 6.65. The minimum atomic E-state index is -0.0857. The number of ether oxygens (including phenoxy) is 2. The summed E-state index contributed by atoms with van der Waals surface area (Å²) in [4.78, 5) is 6.89. The smallest absolute Gasteiger partial charge is 0.191 e. The largest absolute Gasteiger partial charge is 0.383 e. The molecule has 1 fully saturated rings. The van der Waals surface area contributed by atoms with Gasteiger partial charge >= 0.3 is 0 Å². The van der Waals surface area contributed by atoms with Gasteiger partial charge in [0.15, 0.2) is 5.96 Å². The van der Waals surface area contributed by atoms with Crippen LogP contribution in [0.2, 0.25) is 0 Å². The predicted molar refractivity (Wildman–Crippen MR) is 86.9 cm³/mol. The molecule has 6 nitrogen and oxygen atoms in total. The van der Waals surface area contributed by atoms with Crippen LogP contribution in [0.3, 0.4) is 0 Å². The fourth-order valence-electron chi connectivity index (χ4n) is 2.27. The number of guanidine groups is 1. The molecule has 0 spiro atoms. The number of hydrogen-bond acceptors (Lipinski definition) is 4. The average molecular weight is 300 g/mol. The van der Waals surface area contributed by atoms with Gasteiger partial charge < -0.3 is 25.0 Å². The van der Waals surface area contributed by atoms with E-state index in [0.29, 0.717) is 6.54 Å². The molecule has 0 aliphatic carbocycles. The molecule has 0 aromatic heterocycles. The Bertz CT molecular complexity index is 304. The maximum absolute atomic E-state index is 5.77. The van der Waals surface area contributed by atoms with Crippen LogP contribution in [-0.2, 0) is 9.47 Å². The Morgan fingerprint density at radius 3 is 2.81 bits per heavy atom. The van der Waals surface area contributed by atoms with Crippen molar-refractivity contribution in [3.05, 3.63) is 0 Å². The number of nitrogens with zero attached hydrogens (tertiary/aromatic N) is 2. The third-order valence-corrected chi connectivity index (χ3v) is 3.68. The van der Waals surface area contributed by atoms with Crippen LogP contribution in [0.1, 0.15) is 26.7 Å². The summed E-state index contributed by atoms with van der Waals surface area (Å²) in [5.41, 5.74) is -0.0857. The van der Waals surface area contributed by atoms with Crippen molar-refractivity contribution >= 4 is 5.96 Å². The third-order valence-electron chi connectivity index (χ3n) is 3.68. The fourth-order valence-corrected chi connectivity index (χ4v) is 2.27. The Balaban J connectivity index is 2.31. The lowest BCUT2D eigenvalue weighted by atomic mass is 10.0. The first-order chi connectivity index (χ1) is 10.1. The minimum Gasteiger partial charge on any atom is -0.383 e. The SMILES string of the molecule is CCNC(=NCC1(C)CCCO1)NCCN(C)CCOC. The molecule has 0 aromatic rings. The van der Waals surface area contributed by atoms with Gasteiger partial charge in [0.2, 0.25) is 0 Å². The molecule has 0 saturated carbocycles. The lowest BCUT2D eigenvalue weighted by molar-refractivity contribution is 0.0283. The van der Waals surface area contributed by atoms with Crippen LogP contribution in [0.4, 0.5) is 0 Å². The Hall–Kier alpha value is -0.850. The van der Waals surface area contributed by atoms with Crippen molar-refractivity contribution in [1.29, 1.82) is 0 Å². The molecule has 0 amide bonds. The van der Waals surface area contributed by atoms with Gasteiger partial charge in [-0.2, -0.15) is 0 Å². The maximum atomic E-state index is 5.77. The van der Waals surface area contributed by atoms with Gasteiger partial charge in [-0.25, -0.2) is 0 Å². The zero-order valence-electron chi connectivity index (χ0n) is 14.1. The lowest BCUT2D eigenvalue weighted by Gasteiger charge is -2.22. The molecular formula is C15H32N4O2. The highest BCUT2D eigenvalue weighted by Crippen LogP contribution is 2.24. The van der Waals surface area contributed by atoms with E-state index >= 15 is 0 Å². The first kappa shape index (κ1) is 18.2. The Labute approximate surface area is 129 Å². The van der Waals surface area contributed by atoms with Gasteiger partial charge in [0.1, 0.15) is 0 Å². The molecule has 1 rings (SSSR count). The van der Waals surface area contributed by atoms with Crippen LogP contribution in [-0.4, -0.2) is 76.6 Å². The summed E-state index contributed by atoms with van der Waals surface area (Å²) in [7, 11) is 3.83. The lowest BCUT2D eigenvalue weighted by Crippen LogP contribution is -2.42. The second kappa shape index (κ2) is 9.97. The number of likely N-dealkylation sites (N-methyl/N-ethyl adjacent to an activating group) is 1. The molecule has 6 heteroatoms. The second-order valence-corrected chi connectivity index (χ2v) is 5.82. The van der Waals surface area contributed by atoms with E-state index in [1.807, 2.05) is 0 Å². The van der Waals surface area contributed by atoms with Crippen LogP contribution in [0, 0.1) is 0 Å². The number of hydrogen-bond donors (Lipinski definition) is 2. The molecule has 0 aromatic carbocycles. The molecule has 2 N–H and O–H groups in total. The number of aliphatic imine (C=N–C) groups is 1. The monoisotopic (exact) mass is 300 g/mol. The fraction of sp³-hybridized carbons (Fsp3) is 0.933. The van der Waals surface area contributed by atoms with E-state index in [2.05, 4.69) is 41.4 Å². The summed E-state index contributed by atoms with van der Waals surface area (Å²) in [6.45, 7) is 10.2. The van der Waals surface area contributed by atoms with E-state index in [1.54, 1.807) is 7.11 Å². The van der Waals surface area contributed by atoms with Crippen molar-refractivity contribution < 1.29 is 9.47 Å². The van der Waals surface area contributed by atoms with Gasteiger partial charge in [0.25, 0.3) is 0 Å². The van der Waals surface area contributed by atoms with E-state index in [9.17, 15) is 0 Å². The third kappa shape index (κ3) is 7.64. The topological polar surface area (TPSA) is 58.1 Å². The molecule has 21 heavy (non-hydrogen) atoms. The maximum Gasteiger partial charge on any atom is 0.191 e. The molecule has 1 aliphatic rings. The van der Waals surface area contributed by atoms with Gasteiger partial charge in [0.05, 0.1) is 18.8 Å². The molecule has 1 aliphatic heterocycles. The zero-order chi connectivity index (χ0) is 15.6. The molecule has 1 atom stereocenters. The van der Waals surface area contributed by atoms with Crippen LogP contribution >= 0.6 is 0 Å². The summed E-state index contributed by atoms with van der Waals surface area (Å²) in [6, 6.07) is 0. The first-order valence-corrected chi connectivity index (χ1v) is 7.93. The summed E-state index contributed by atoms with van der Waals surface area (Å²) < 4.78 is 10.8. The average Bonchev–Trinajstić information content (AvgIpc) is 2.90. The predicted octanol–water partition coefficient (Wildman–Crippen LogP) is 0.689. The Kier molecular flexibility index (Phi) is 8.64. The van der Waals surface area contributed by atoms with Gasteiger partial charge in [-0.05, 0) is 33.7 Å². The summed E-state index contributed by atoms with van der Waals surface area (Å²) >= 11 is 0. The molecule has 0 radical (unpaired) electrons. The Morgan fingerprint density at radius 2 is 2.19 bits per heavy atom. The van der Waals surface area contributed by atoms with Gasteiger partial charge in [-0.1, -0.05) is 0 Å². The zero-order valence-corrected chi connectivity index (χ0v) is 14.1. The quantitative estimate of drug-likeness (QED) is 0.485. The van der Waals surface area contributed by atoms with Gasteiger partial charge in [0, 0.05) is 39.9 Å². The van der Waals surface area contributed by atoms with E-state index in [0.717, 1.165) is 58.2 Å². The van der Waals surface area contributed by atoms with Crippen molar-refractivity contribution in [2.45, 2.75) is 32.3 Å². The molecule has 1 unspecified atom stereocenters. The number of rotatable bonds is 9. The van der Waals surface area contributed by atoms with E-state index < -0.39 is 0 Å². The normalized spacial score (nSPS) is 22.8. The minimum absolute atomic E-state index is 0.0857. The number of methoxy groups -OCH3 is 1. The van der Waals surface area contributed by atoms with Crippen molar-refractivity contribution in [3.8, 4) is 0 Å². The van der Waals surface area contributed by atoms with Crippen LogP contribution < -0.4 is 10.6 Å². The van der Waals surface area contributed by atoms with Crippen molar-refractivity contribution in [2.75, 3.05) is 60.1 Å². The number of nitrogens with one attached hydrogen (secondary N) is 2. The summed E-state index contributed by atoms with van der Waals surface area (Å²) in [6.07, 6.45) is 2.23. The summed E-state index contributed by atoms with van der Waals surface area (Å²) in [5.74, 6) is 0.870. The van der Waals surface area contributed by atoms with Gasteiger partial charge in [-0.15, -0.1) is 0 Å². The van der Waals surface area contributed by atoms with Crippen LogP contribution in [0.15, 0.2) is 4.99 Å². The molecule has 1 saturated heterocycles. The van der Waals surface area contributed by atoms with Crippen molar-refractivity contribution in [1.82, 2.24) is 15.5 Å². The molecule has 1 heterocycles. The molecule has 124 valence electrons. The highest BCUT2D eigenvalue weighted by molar-refractivity contribution is 5.79. The van der Waals surface area contributed by atoms with Crippen LogP contribution in [0.25, 0.3) is 0 Å². The second-order valence-electron chi connectivity index (χ2n) is 5.82. The van der Waals surface area contributed by atoms with E-state index in [4.69, 9.17) is 9.47 Å². The molecular weight excluding hydrogens is 268 g/mol. The van der Waals surface area contributed by atoms with Gasteiger partial charge in [-0.3, -0.25) is 4.99 Å². The standard InChI is InChI=1S/C15H32N4O2/c1-5-16-14(17-8-9-19(3)10-12-20-4)18-13-15(2)7-6-11-21-15/h5-13H2,1-4H3,(H2,16,17,18). The highest BCUT2D eigenvalue weighted by atomic mass is 16.5. The molecule has 0 bridgehead atoms. The van der Waals surface area contributed by atoms with Crippen molar-refractivity contribution in [2.24, 2.45) is 4.99 Å². The Morgan fingerprint density at radius 1 is 1.38 bits per heavy atom.